The van der Waals surface area contributed by atoms with Crippen molar-refractivity contribution in [3.05, 3.63) is 77.0 Å². The predicted octanol–water partition coefficient (Wildman–Crippen LogP) is 5.77. The molecule has 1 spiro atoms. The zero-order valence-electron chi connectivity index (χ0n) is 19.8. The lowest BCUT2D eigenvalue weighted by molar-refractivity contribution is 0.227. The fraction of sp³-hybridized carbons (Fsp3) is 0.321. The fourth-order valence-electron chi connectivity index (χ4n) is 6.12. The van der Waals surface area contributed by atoms with Crippen molar-refractivity contribution in [3.8, 4) is 28.3 Å². The van der Waals surface area contributed by atoms with E-state index >= 15 is 0 Å². The number of nitrogens with zero attached hydrogens (tertiary/aromatic N) is 4. The van der Waals surface area contributed by atoms with E-state index in [-0.39, 0.29) is 17.2 Å². The van der Waals surface area contributed by atoms with Gasteiger partial charge in [0.25, 0.3) is 0 Å². The minimum absolute atomic E-state index is 0.127. The van der Waals surface area contributed by atoms with E-state index in [0.717, 1.165) is 59.4 Å². The number of aryl methyl sites for hydroxylation is 1. The van der Waals surface area contributed by atoms with Gasteiger partial charge < -0.3 is 10.5 Å². The third-order valence-electron chi connectivity index (χ3n) is 7.97. The number of halogens is 1. The zero-order chi connectivity index (χ0) is 23.9. The Balaban J connectivity index is 1.59. The average Bonchev–Trinajstić information content (AvgIpc) is 3.44. The summed E-state index contributed by atoms with van der Waals surface area (Å²) in [6, 6.07) is 11.0. The summed E-state index contributed by atoms with van der Waals surface area (Å²) in [4.78, 5) is 9.33. The van der Waals surface area contributed by atoms with Crippen molar-refractivity contribution in [1.82, 2.24) is 19.7 Å². The molecule has 176 valence electrons. The summed E-state index contributed by atoms with van der Waals surface area (Å²) in [7, 11) is 0. The maximum atomic E-state index is 14.5. The van der Waals surface area contributed by atoms with Crippen molar-refractivity contribution in [2.45, 2.75) is 57.1 Å². The minimum atomic E-state index is -0.459. The molecule has 2 atom stereocenters. The van der Waals surface area contributed by atoms with Crippen molar-refractivity contribution < 1.29 is 9.13 Å². The second-order valence-electron chi connectivity index (χ2n) is 10.0. The molecule has 4 aromatic rings. The minimum Gasteiger partial charge on any atom is -0.482 e. The van der Waals surface area contributed by atoms with Gasteiger partial charge in [0.15, 0.2) is 11.6 Å². The Morgan fingerprint density at radius 1 is 1.17 bits per heavy atom. The molecule has 7 heteroatoms. The first-order chi connectivity index (χ1) is 17.0. The first-order valence-corrected chi connectivity index (χ1v) is 12.3. The van der Waals surface area contributed by atoms with Crippen LogP contribution in [-0.4, -0.2) is 19.7 Å². The normalized spacial score (nSPS) is 20.8. The van der Waals surface area contributed by atoms with Crippen molar-refractivity contribution >= 4 is 5.82 Å². The molecule has 2 bridgehead atoms. The molecule has 0 saturated heterocycles. The molecule has 1 unspecified atom stereocenters. The summed E-state index contributed by atoms with van der Waals surface area (Å²) in [6.45, 7) is 4.78. The van der Waals surface area contributed by atoms with Crippen LogP contribution in [0.25, 0.3) is 22.5 Å². The van der Waals surface area contributed by atoms with Crippen LogP contribution in [0.1, 0.15) is 67.5 Å². The highest BCUT2D eigenvalue weighted by molar-refractivity contribution is 5.75. The van der Waals surface area contributed by atoms with Crippen LogP contribution in [0.5, 0.6) is 5.75 Å². The Labute approximate surface area is 203 Å². The number of aromatic nitrogens is 4. The highest BCUT2D eigenvalue weighted by Gasteiger charge is 2.56. The lowest BCUT2D eigenvalue weighted by Crippen LogP contribution is -2.12. The number of nitrogens with two attached hydrogens (primary N) is 1. The van der Waals surface area contributed by atoms with Gasteiger partial charge in [-0.05, 0) is 69.0 Å². The number of hydrogen-bond donors (Lipinski definition) is 1. The van der Waals surface area contributed by atoms with Crippen molar-refractivity contribution in [1.29, 1.82) is 0 Å². The Hall–Kier alpha value is -3.74. The molecule has 3 aromatic heterocycles. The third kappa shape index (κ3) is 2.90. The highest BCUT2D eigenvalue weighted by Crippen LogP contribution is 2.64. The zero-order valence-corrected chi connectivity index (χ0v) is 19.8. The monoisotopic (exact) mass is 467 g/mol. The Morgan fingerprint density at radius 2 is 2.03 bits per heavy atom. The summed E-state index contributed by atoms with van der Waals surface area (Å²) in [5.41, 5.74) is 14.5. The lowest BCUT2D eigenvalue weighted by atomic mass is 9.86. The molecule has 35 heavy (non-hydrogen) atoms. The van der Waals surface area contributed by atoms with Crippen LogP contribution in [0.4, 0.5) is 10.2 Å². The van der Waals surface area contributed by atoms with E-state index in [1.165, 1.54) is 17.3 Å². The van der Waals surface area contributed by atoms with Gasteiger partial charge in [0.1, 0.15) is 11.9 Å². The van der Waals surface area contributed by atoms with Gasteiger partial charge in [-0.25, -0.2) is 9.37 Å². The molecule has 3 aliphatic rings. The van der Waals surface area contributed by atoms with Crippen LogP contribution in [0.2, 0.25) is 0 Å². The number of nitrogen functional groups attached to an aromatic ring is 1. The number of benzene rings is 1. The predicted molar refractivity (Wildman–Crippen MR) is 132 cm³/mol. The van der Waals surface area contributed by atoms with Gasteiger partial charge in [0.2, 0.25) is 0 Å². The van der Waals surface area contributed by atoms with Crippen LogP contribution in [-0.2, 0) is 12.0 Å². The number of fused-ring (bicyclic) bond motifs is 8. The number of rotatable bonds is 1. The number of hydrogen-bond acceptors (Lipinski definition) is 5. The standard InChI is InChI=1S/C28H26FN5O/c1-3-34-25-16-11-22(27(30)32-14-16)35-15(2)20-12-17(29)6-7-19(20)24-18(5-4-10-31-24)21-13-28(8-9-28)26(33-34)23(21)25/h4-7,10-12,14-15,21H,3,8-9,13H2,1-2H3,(H2,30,32)/t15-,21?/m1/s1. The van der Waals surface area contributed by atoms with Gasteiger partial charge in [-0.1, -0.05) is 6.07 Å². The molecule has 2 N–H and O–H groups in total. The maximum absolute atomic E-state index is 14.5. The van der Waals surface area contributed by atoms with E-state index in [4.69, 9.17) is 20.6 Å². The molecule has 2 aliphatic carbocycles. The van der Waals surface area contributed by atoms with Gasteiger partial charge in [-0.2, -0.15) is 5.10 Å². The largest absolute Gasteiger partial charge is 0.482 e. The van der Waals surface area contributed by atoms with E-state index in [0.29, 0.717) is 11.6 Å². The second-order valence-corrected chi connectivity index (χ2v) is 10.0. The molecule has 6 nitrogen and oxygen atoms in total. The van der Waals surface area contributed by atoms with Crippen LogP contribution in [0.3, 0.4) is 0 Å². The number of anilines is 1. The topological polar surface area (TPSA) is 78.9 Å². The molecule has 4 heterocycles. The lowest BCUT2D eigenvalue weighted by Gasteiger charge is -2.24. The number of pyridine rings is 2. The van der Waals surface area contributed by atoms with E-state index in [1.807, 2.05) is 37.5 Å². The van der Waals surface area contributed by atoms with Crippen LogP contribution in [0.15, 0.2) is 48.8 Å². The van der Waals surface area contributed by atoms with Crippen LogP contribution < -0.4 is 10.5 Å². The number of ether oxygens (including phenoxy) is 1. The SMILES string of the molecule is CCn1nc2c3c1-c1cnc(N)c(c1)O[C@H](C)c1cc(F)ccc1-c1ncccc1C3CC21CC1. The highest BCUT2D eigenvalue weighted by atomic mass is 19.1. The summed E-state index contributed by atoms with van der Waals surface area (Å²) in [5.74, 6) is 0.625. The van der Waals surface area contributed by atoms with Gasteiger partial charge in [0, 0.05) is 52.5 Å². The smallest absolute Gasteiger partial charge is 0.166 e. The van der Waals surface area contributed by atoms with Crippen molar-refractivity contribution in [2.75, 3.05) is 5.73 Å². The van der Waals surface area contributed by atoms with E-state index in [2.05, 4.69) is 22.7 Å². The molecule has 0 radical (unpaired) electrons. The molecule has 1 saturated carbocycles. The quantitative estimate of drug-likeness (QED) is 0.385. The fourth-order valence-corrected chi connectivity index (χ4v) is 6.12. The van der Waals surface area contributed by atoms with Gasteiger partial charge in [-0.15, -0.1) is 0 Å². The Morgan fingerprint density at radius 3 is 2.83 bits per heavy atom. The summed E-state index contributed by atoms with van der Waals surface area (Å²) in [5, 5.41) is 5.14. The van der Waals surface area contributed by atoms with Gasteiger partial charge in [-0.3, -0.25) is 9.67 Å². The van der Waals surface area contributed by atoms with Crippen molar-refractivity contribution in [2.24, 2.45) is 0 Å². The summed E-state index contributed by atoms with van der Waals surface area (Å²) < 4.78 is 22.9. The van der Waals surface area contributed by atoms with E-state index < -0.39 is 6.10 Å². The molecule has 1 aromatic carbocycles. The average molecular weight is 468 g/mol. The molecule has 0 amide bonds. The first-order valence-electron chi connectivity index (χ1n) is 12.3. The van der Waals surface area contributed by atoms with Gasteiger partial charge in [0.05, 0.1) is 17.1 Å². The molecular weight excluding hydrogens is 441 g/mol. The van der Waals surface area contributed by atoms with Crippen LogP contribution in [0, 0.1) is 5.82 Å². The third-order valence-corrected chi connectivity index (χ3v) is 7.97. The van der Waals surface area contributed by atoms with Gasteiger partial charge >= 0.3 is 0 Å². The first kappa shape index (κ1) is 20.6. The molecule has 1 aliphatic heterocycles. The van der Waals surface area contributed by atoms with Crippen LogP contribution >= 0.6 is 0 Å². The Bertz CT molecular complexity index is 1510. The molecular formula is C28H26FN5O. The van der Waals surface area contributed by atoms with E-state index in [9.17, 15) is 4.39 Å². The second kappa shape index (κ2) is 7.13. The molecule has 1 fully saturated rings. The Kier molecular flexibility index (Phi) is 4.20. The van der Waals surface area contributed by atoms with E-state index in [1.54, 1.807) is 6.07 Å². The molecule has 7 rings (SSSR count). The summed E-state index contributed by atoms with van der Waals surface area (Å²) in [6.07, 6.45) is 6.48. The van der Waals surface area contributed by atoms with Crippen molar-refractivity contribution in [3.63, 3.8) is 0 Å². The maximum Gasteiger partial charge on any atom is 0.166 e. The summed E-state index contributed by atoms with van der Waals surface area (Å²) >= 11 is 0.